The quantitative estimate of drug-likeness (QED) is 0.0240. The fourth-order valence-electron chi connectivity index (χ4n) is 5.46. The van der Waals surface area contributed by atoms with Gasteiger partial charge in [-0.25, -0.2) is 4.57 Å². The molecule has 9 nitrogen and oxygen atoms in total. The maximum absolute atomic E-state index is 12.6. The maximum Gasteiger partial charge on any atom is 0.472 e. The molecule has 0 aliphatic rings. The van der Waals surface area contributed by atoms with Gasteiger partial charge in [0.1, 0.15) is 12.2 Å². The second kappa shape index (κ2) is 40.8. The van der Waals surface area contributed by atoms with Crippen LogP contribution in [0.5, 0.6) is 0 Å². The third-order valence-corrected chi connectivity index (χ3v) is 9.64. The maximum atomic E-state index is 12.6. The minimum Gasteiger partial charge on any atom is -0.457 e. The van der Waals surface area contributed by atoms with E-state index in [0.29, 0.717) is 6.61 Å². The van der Waals surface area contributed by atoms with Gasteiger partial charge >= 0.3 is 13.8 Å². The highest BCUT2D eigenvalue weighted by molar-refractivity contribution is 7.47. The summed E-state index contributed by atoms with van der Waals surface area (Å²) in [7, 11) is -4.53. The van der Waals surface area contributed by atoms with E-state index in [2.05, 4.69) is 74.6 Å². The van der Waals surface area contributed by atoms with Crippen LogP contribution in [0.2, 0.25) is 0 Å². The number of unbranched alkanes of at least 4 members (excludes halogenated alkanes) is 16. The molecule has 0 spiro atoms. The summed E-state index contributed by atoms with van der Waals surface area (Å²) in [5.41, 5.74) is 0. The van der Waals surface area contributed by atoms with E-state index in [9.17, 15) is 19.4 Å². The van der Waals surface area contributed by atoms with Crippen molar-refractivity contribution in [3.8, 4) is 0 Å². The van der Waals surface area contributed by atoms with E-state index < -0.39 is 45.8 Å². The van der Waals surface area contributed by atoms with Crippen LogP contribution in [0.4, 0.5) is 0 Å². The van der Waals surface area contributed by atoms with Crippen molar-refractivity contribution >= 4 is 13.8 Å². The van der Waals surface area contributed by atoms with Crippen molar-refractivity contribution < 1.29 is 43.0 Å². The van der Waals surface area contributed by atoms with E-state index in [1.807, 2.05) is 0 Å². The highest BCUT2D eigenvalue weighted by Crippen LogP contribution is 2.43. The van der Waals surface area contributed by atoms with Crippen LogP contribution in [0.3, 0.4) is 0 Å². The Kier molecular flexibility index (Phi) is 39.4. The normalized spacial score (nSPS) is 14.7. The minimum absolute atomic E-state index is 0.0301. The predicted molar refractivity (Wildman–Crippen MR) is 223 cm³/mol. The first-order valence-corrected chi connectivity index (χ1v) is 22.8. The molecule has 0 aromatic carbocycles. The van der Waals surface area contributed by atoms with E-state index in [-0.39, 0.29) is 13.0 Å². The lowest BCUT2D eigenvalue weighted by atomic mass is 10.1. The number of esters is 1. The minimum atomic E-state index is -4.53. The number of hydrogen-bond acceptors (Lipinski definition) is 8. The highest BCUT2D eigenvalue weighted by Gasteiger charge is 2.26. The average molecular weight is 783 g/mol. The molecule has 0 aromatic rings. The molecule has 0 heterocycles. The van der Waals surface area contributed by atoms with Crippen molar-refractivity contribution in [1.82, 2.24) is 0 Å². The third-order valence-electron chi connectivity index (χ3n) is 8.69. The lowest BCUT2D eigenvalue weighted by molar-refractivity contribution is -0.154. The summed E-state index contributed by atoms with van der Waals surface area (Å²) in [5, 5.41) is 18.3. The molecule has 0 radical (unpaired) electrons. The largest absolute Gasteiger partial charge is 0.472 e. The van der Waals surface area contributed by atoms with Crippen LogP contribution in [-0.4, -0.2) is 66.3 Å². The molecule has 0 rings (SSSR count). The number of carbonyl (C=O) groups excluding carboxylic acids is 1. The SMILES string of the molecule is CC/C=C\C/C=C\C/C=C\CCCCCCOCC(COP(=O)(O)OCC(O)CO)OC(=O)CCCCCCCCCCC/C=C\C/C=C\CCCCC. The fourth-order valence-corrected chi connectivity index (χ4v) is 6.25. The van der Waals surface area contributed by atoms with Crippen molar-refractivity contribution in [3.63, 3.8) is 0 Å². The van der Waals surface area contributed by atoms with Gasteiger partial charge in [-0.15, -0.1) is 0 Å². The Morgan fingerprint density at radius 1 is 0.593 bits per heavy atom. The van der Waals surface area contributed by atoms with E-state index in [4.69, 9.17) is 23.6 Å². The number of rotatable bonds is 40. The molecule has 54 heavy (non-hydrogen) atoms. The average Bonchev–Trinajstić information content (AvgIpc) is 3.16. The molecule has 314 valence electrons. The Balaban J connectivity index is 4.21. The van der Waals surface area contributed by atoms with Crippen LogP contribution in [0.25, 0.3) is 0 Å². The van der Waals surface area contributed by atoms with Crippen LogP contribution >= 0.6 is 7.82 Å². The summed E-state index contributed by atoms with van der Waals surface area (Å²) in [6, 6.07) is 0. The Morgan fingerprint density at radius 2 is 1.06 bits per heavy atom. The lowest BCUT2D eigenvalue weighted by Crippen LogP contribution is -2.29. The van der Waals surface area contributed by atoms with Crippen LogP contribution in [0.1, 0.15) is 168 Å². The number of carbonyl (C=O) groups is 1. The Bertz CT molecular complexity index is 1020. The summed E-state index contributed by atoms with van der Waals surface area (Å²) >= 11 is 0. The number of aliphatic hydroxyl groups is 2. The monoisotopic (exact) mass is 783 g/mol. The van der Waals surface area contributed by atoms with E-state index in [1.165, 1.54) is 57.8 Å². The number of hydrogen-bond donors (Lipinski definition) is 3. The van der Waals surface area contributed by atoms with E-state index >= 15 is 0 Å². The first-order chi connectivity index (χ1) is 26.3. The molecule has 0 aromatic heterocycles. The number of ether oxygens (including phenoxy) is 2. The lowest BCUT2D eigenvalue weighted by Gasteiger charge is -2.20. The zero-order valence-corrected chi connectivity index (χ0v) is 35.1. The summed E-state index contributed by atoms with van der Waals surface area (Å²) in [4.78, 5) is 22.6. The number of allylic oxidation sites excluding steroid dienone is 10. The van der Waals surface area contributed by atoms with Gasteiger partial charge in [0.2, 0.25) is 0 Å². The number of aliphatic hydroxyl groups excluding tert-OH is 2. The van der Waals surface area contributed by atoms with Gasteiger partial charge in [-0.1, -0.05) is 145 Å². The van der Waals surface area contributed by atoms with Crippen molar-refractivity contribution in [1.29, 1.82) is 0 Å². The van der Waals surface area contributed by atoms with Gasteiger partial charge in [-0.05, 0) is 77.0 Å². The molecule has 0 saturated carbocycles. The Hall–Kier alpha value is -1.84. The second-order valence-corrected chi connectivity index (χ2v) is 15.4. The topological polar surface area (TPSA) is 132 Å². The van der Waals surface area contributed by atoms with Gasteiger partial charge in [-0.2, -0.15) is 0 Å². The van der Waals surface area contributed by atoms with Gasteiger partial charge in [0.25, 0.3) is 0 Å². The zero-order chi connectivity index (χ0) is 39.6. The molecule has 3 N–H and O–H groups in total. The van der Waals surface area contributed by atoms with Crippen LogP contribution in [0, 0.1) is 0 Å². The fraction of sp³-hybridized carbons (Fsp3) is 0.750. The molecule has 3 unspecified atom stereocenters. The molecular weight excluding hydrogens is 703 g/mol. The predicted octanol–water partition coefficient (Wildman–Crippen LogP) is 11.6. The van der Waals surface area contributed by atoms with Gasteiger partial charge in [-0.3, -0.25) is 13.8 Å². The molecule has 0 aliphatic heterocycles. The molecular formula is C44H79O9P. The van der Waals surface area contributed by atoms with Crippen LogP contribution in [-0.2, 0) is 27.9 Å². The molecule has 10 heteroatoms. The van der Waals surface area contributed by atoms with Crippen molar-refractivity contribution in [2.75, 3.05) is 33.0 Å². The number of phosphoric acid groups is 1. The van der Waals surface area contributed by atoms with Crippen molar-refractivity contribution in [2.24, 2.45) is 0 Å². The van der Waals surface area contributed by atoms with Crippen molar-refractivity contribution in [2.45, 2.75) is 180 Å². The van der Waals surface area contributed by atoms with Crippen molar-refractivity contribution in [3.05, 3.63) is 60.8 Å². The second-order valence-electron chi connectivity index (χ2n) is 14.0. The molecule has 0 saturated heterocycles. The van der Waals surface area contributed by atoms with Crippen LogP contribution in [0.15, 0.2) is 60.8 Å². The molecule has 3 atom stereocenters. The molecule has 0 fully saturated rings. The van der Waals surface area contributed by atoms with Gasteiger partial charge in [0.15, 0.2) is 0 Å². The Morgan fingerprint density at radius 3 is 1.59 bits per heavy atom. The summed E-state index contributed by atoms with van der Waals surface area (Å²) < 4.78 is 33.3. The zero-order valence-electron chi connectivity index (χ0n) is 34.2. The standard InChI is InChI=1S/C44H79O9P/c1-3-5-7-9-11-13-15-17-19-20-21-22-23-24-26-28-30-32-34-36-44(47)53-43(41-52-54(48,49)51-39-42(46)38-45)40-50-37-35-33-31-29-27-25-18-16-14-12-10-8-6-4-2/h6,8,11-14,17-19,25,42-43,45-46H,3-5,7,9-10,15-16,20-24,26-41H2,1-2H3,(H,48,49)/b8-6-,13-11-,14-12-,19-17-,25-18-. The van der Waals surface area contributed by atoms with Gasteiger partial charge < -0.3 is 24.6 Å². The summed E-state index contributed by atoms with van der Waals surface area (Å²) in [6.45, 7) is 3.31. The molecule has 0 bridgehead atoms. The molecule has 0 aliphatic carbocycles. The highest BCUT2D eigenvalue weighted by atomic mass is 31.2. The smallest absolute Gasteiger partial charge is 0.457 e. The van der Waals surface area contributed by atoms with Crippen LogP contribution < -0.4 is 0 Å². The molecule has 0 amide bonds. The Labute approximate surface area is 330 Å². The third kappa shape index (κ3) is 39.8. The summed E-state index contributed by atoms with van der Waals surface area (Å²) in [6.07, 6.45) is 46.0. The first-order valence-electron chi connectivity index (χ1n) is 21.3. The first kappa shape index (κ1) is 52.2. The van der Waals surface area contributed by atoms with E-state index in [1.54, 1.807) is 0 Å². The summed E-state index contributed by atoms with van der Waals surface area (Å²) in [5.74, 6) is -0.398. The number of phosphoric ester groups is 1. The van der Waals surface area contributed by atoms with Gasteiger partial charge in [0.05, 0.1) is 26.4 Å². The van der Waals surface area contributed by atoms with Gasteiger partial charge in [0, 0.05) is 13.0 Å². The van der Waals surface area contributed by atoms with E-state index in [0.717, 1.165) is 89.9 Å².